The topological polar surface area (TPSA) is 68.8 Å². The van der Waals surface area contributed by atoms with Gasteiger partial charge < -0.3 is 0 Å². The van der Waals surface area contributed by atoms with Gasteiger partial charge in [0, 0.05) is 19.7 Å². The maximum Gasteiger partial charge on any atom is 0.0846 e. The molecule has 3 N–H and O–H groups in total. The predicted octanol–water partition coefficient (Wildman–Crippen LogP) is 1.18. The summed E-state index contributed by atoms with van der Waals surface area (Å²) in [5.41, 5.74) is 7.53. The Hall–Kier alpha value is -1.72. The zero-order valence-corrected chi connectivity index (χ0v) is 11.0. The van der Waals surface area contributed by atoms with Gasteiger partial charge in [-0.2, -0.15) is 0 Å². The average molecular weight is 245 g/mol. The van der Waals surface area contributed by atoms with Crippen molar-refractivity contribution < 1.29 is 0 Å². The molecule has 5 heteroatoms. The van der Waals surface area contributed by atoms with Crippen molar-refractivity contribution in [2.45, 2.75) is 26.3 Å². The van der Waals surface area contributed by atoms with Crippen LogP contribution in [0.1, 0.15) is 28.4 Å². The highest BCUT2D eigenvalue weighted by Crippen LogP contribution is 2.23. The van der Waals surface area contributed by atoms with Gasteiger partial charge in [0.1, 0.15) is 0 Å². The van der Waals surface area contributed by atoms with Crippen molar-refractivity contribution in [2.75, 3.05) is 0 Å². The van der Waals surface area contributed by atoms with Crippen LogP contribution in [-0.2, 0) is 13.5 Å². The molecule has 2 rings (SSSR count). The van der Waals surface area contributed by atoms with E-state index in [1.165, 1.54) is 16.7 Å². The summed E-state index contributed by atoms with van der Waals surface area (Å²) in [6.07, 6.45) is 2.65. The van der Waals surface area contributed by atoms with E-state index in [0.29, 0.717) is 0 Å². The maximum absolute atomic E-state index is 5.69. The van der Waals surface area contributed by atoms with Crippen molar-refractivity contribution in [2.24, 2.45) is 12.9 Å². The standard InChI is InChI=1S/C13H19N5/c1-9-5-4-6-10(2)13(9)12(15-14)7-11-8-18(3)17-16-11/h4-6,8,12,15H,7,14H2,1-3H3. The van der Waals surface area contributed by atoms with Gasteiger partial charge in [0.05, 0.1) is 11.7 Å². The fourth-order valence-corrected chi connectivity index (χ4v) is 2.32. The van der Waals surface area contributed by atoms with Gasteiger partial charge in [0.25, 0.3) is 0 Å². The Bertz CT molecular complexity index is 512. The van der Waals surface area contributed by atoms with E-state index in [2.05, 4.69) is 47.8 Å². The van der Waals surface area contributed by atoms with Gasteiger partial charge in [-0.15, -0.1) is 5.10 Å². The number of rotatable bonds is 4. The second kappa shape index (κ2) is 5.29. The minimum absolute atomic E-state index is 0.0582. The molecule has 0 aliphatic heterocycles. The maximum atomic E-state index is 5.69. The molecule has 5 nitrogen and oxygen atoms in total. The van der Waals surface area contributed by atoms with Crippen LogP contribution in [0.5, 0.6) is 0 Å². The molecule has 0 radical (unpaired) electrons. The highest BCUT2D eigenvalue weighted by Gasteiger charge is 2.16. The average Bonchev–Trinajstić information content (AvgIpc) is 2.73. The van der Waals surface area contributed by atoms with Gasteiger partial charge in [0.2, 0.25) is 0 Å². The van der Waals surface area contributed by atoms with Gasteiger partial charge in [-0.05, 0) is 30.5 Å². The predicted molar refractivity (Wildman–Crippen MR) is 70.7 cm³/mol. The van der Waals surface area contributed by atoms with Crippen LogP contribution in [0, 0.1) is 13.8 Å². The molecule has 1 heterocycles. The lowest BCUT2D eigenvalue weighted by Crippen LogP contribution is -2.30. The van der Waals surface area contributed by atoms with E-state index in [-0.39, 0.29) is 6.04 Å². The van der Waals surface area contributed by atoms with Crippen molar-refractivity contribution >= 4 is 0 Å². The number of hydrogen-bond donors (Lipinski definition) is 2. The van der Waals surface area contributed by atoms with E-state index in [9.17, 15) is 0 Å². The minimum atomic E-state index is 0.0582. The van der Waals surface area contributed by atoms with Crippen molar-refractivity contribution in [3.05, 3.63) is 46.8 Å². The molecule has 1 atom stereocenters. The van der Waals surface area contributed by atoms with Gasteiger partial charge in [-0.1, -0.05) is 23.4 Å². The number of aromatic nitrogens is 3. The number of nitrogens with one attached hydrogen (secondary N) is 1. The lowest BCUT2D eigenvalue weighted by atomic mass is 9.94. The second-order valence-corrected chi connectivity index (χ2v) is 4.61. The smallest absolute Gasteiger partial charge is 0.0846 e. The van der Waals surface area contributed by atoms with Gasteiger partial charge in [0.15, 0.2) is 0 Å². The van der Waals surface area contributed by atoms with Crippen molar-refractivity contribution in [1.29, 1.82) is 0 Å². The van der Waals surface area contributed by atoms with Crippen molar-refractivity contribution in [1.82, 2.24) is 20.4 Å². The molecule has 1 unspecified atom stereocenters. The molecule has 1 aromatic heterocycles. The van der Waals surface area contributed by atoms with Crippen LogP contribution in [-0.4, -0.2) is 15.0 Å². The molecule has 0 saturated heterocycles. The van der Waals surface area contributed by atoms with E-state index >= 15 is 0 Å². The fourth-order valence-electron chi connectivity index (χ4n) is 2.32. The van der Waals surface area contributed by atoms with Crippen LogP contribution >= 0.6 is 0 Å². The molecule has 1 aromatic carbocycles. The Morgan fingerprint density at radius 2 is 2.00 bits per heavy atom. The normalized spacial score (nSPS) is 12.7. The Morgan fingerprint density at radius 3 is 2.50 bits per heavy atom. The zero-order valence-electron chi connectivity index (χ0n) is 11.0. The Kier molecular flexibility index (Phi) is 3.74. The number of nitrogens with zero attached hydrogens (tertiary/aromatic N) is 3. The number of aryl methyl sites for hydroxylation is 3. The molecule has 0 amide bonds. The van der Waals surface area contributed by atoms with Crippen LogP contribution in [0.3, 0.4) is 0 Å². The fraction of sp³-hybridized carbons (Fsp3) is 0.385. The molecule has 0 fully saturated rings. The molecule has 0 aliphatic rings. The third kappa shape index (κ3) is 2.57. The first-order valence-electron chi connectivity index (χ1n) is 5.99. The van der Waals surface area contributed by atoms with Crippen molar-refractivity contribution in [3.63, 3.8) is 0 Å². The Balaban J connectivity index is 2.28. The summed E-state index contributed by atoms with van der Waals surface area (Å²) in [6.45, 7) is 4.20. The Morgan fingerprint density at radius 1 is 1.33 bits per heavy atom. The first kappa shape index (κ1) is 12.7. The molecule has 2 aromatic rings. The van der Waals surface area contributed by atoms with Crippen molar-refractivity contribution in [3.8, 4) is 0 Å². The number of hydrazine groups is 1. The van der Waals surface area contributed by atoms with E-state index in [1.807, 2.05) is 13.2 Å². The summed E-state index contributed by atoms with van der Waals surface area (Å²) in [7, 11) is 1.86. The van der Waals surface area contributed by atoms with E-state index in [4.69, 9.17) is 5.84 Å². The highest BCUT2D eigenvalue weighted by molar-refractivity contribution is 5.36. The summed E-state index contributed by atoms with van der Waals surface area (Å²) in [5, 5.41) is 8.05. The first-order chi connectivity index (χ1) is 8.61. The molecule has 0 aliphatic carbocycles. The molecular weight excluding hydrogens is 226 g/mol. The third-order valence-corrected chi connectivity index (χ3v) is 3.16. The van der Waals surface area contributed by atoms with Crippen LogP contribution < -0.4 is 11.3 Å². The number of benzene rings is 1. The lowest BCUT2D eigenvalue weighted by Gasteiger charge is -2.19. The highest BCUT2D eigenvalue weighted by atomic mass is 15.4. The molecule has 18 heavy (non-hydrogen) atoms. The quantitative estimate of drug-likeness (QED) is 0.627. The molecule has 0 saturated carbocycles. The molecular formula is C13H19N5. The second-order valence-electron chi connectivity index (χ2n) is 4.61. The molecule has 96 valence electrons. The number of hydrogen-bond acceptors (Lipinski definition) is 4. The lowest BCUT2D eigenvalue weighted by molar-refractivity contribution is 0.540. The van der Waals surface area contributed by atoms with Gasteiger partial charge in [-0.25, -0.2) is 0 Å². The first-order valence-corrected chi connectivity index (χ1v) is 5.99. The largest absolute Gasteiger partial charge is 0.271 e. The van der Waals surface area contributed by atoms with Crippen LogP contribution in [0.2, 0.25) is 0 Å². The summed E-state index contributed by atoms with van der Waals surface area (Å²) in [5.74, 6) is 5.69. The van der Waals surface area contributed by atoms with Crippen LogP contribution in [0.15, 0.2) is 24.4 Å². The van der Waals surface area contributed by atoms with E-state index < -0.39 is 0 Å². The van der Waals surface area contributed by atoms with Crippen LogP contribution in [0.4, 0.5) is 0 Å². The van der Waals surface area contributed by atoms with Gasteiger partial charge in [-0.3, -0.25) is 16.0 Å². The molecule has 0 spiro atoms. The van der Waals surface area contributed by atoms with E-state index in [1.54, 1.807) is 4.68 Å². The summed E-state index contributed by atoms with van der Waals surface area (Å²) in [6, 6.07) is 6.32. The number of nitrogens with two attached hydrogens (primary N) is 1. The summed E-state index contributed by atoms with van der Waals surface area (Å²) >= 11 is 0. The summed E-state index contributed by atoms with van der Waals surface area (Å²) in [4.78, 5) is 0. The minimum Gasteiger partial charge on any atom is -0.271 e. The van der Waals surface area contributed by atoms with Gasteiger partial charge >= 0.3 is 0 Å². The molecule has 0 bridgehead atoms. The SMILES string of the molecule is Cc1cccc(C)c1C(Cc1cn(C)nn1)NN. The monoisotopic (exact) mass is 245 g/mol. The zero-order chi connectivity index (χ0) is 13.1. The van der Waals surface area contributed by atoms with E-state index in [0.717, 1.165) is 12.1 Å². The van der Waals surface area contributed by atoms with Crippen LogP contribution in [0.25, 0.3) is 0 Å². The summed E-state index contributed by atoms with van der Waals surface area (Å²) < 4.78 is 1.70. The third-order valence-electron chi connectivity index (χ3n) is 3.16. The Labute approximate surface area is 107 Å².